The van der Waals surface area contributed by atoms with Crippen LogP contribution in [0, 0.1) is 5.41 Å². The number of nitrogens with zero attached hydrogens (tertiary/aromatic N) is 3. The molecule has 0 aliphatic rings. The second-order valence-corrected chi connectivity index (χ2v) is 33.7. The highest BCUT2D eigenvalue weighted by Gasteiger charge is 2.41. The van der Waals surface area contributed by atoms with Gasteiger partial charge in [-0.25, -0.2) is 19.6 Å². The third-order valence-corrected chi connectivity index (χ3v) is 22.2. The largest absolute Gasteiger partial charge is 0.481 e. The average Bonchev–Trinajstić information content (AvgIpc) is 0.805. The van der Waals surface area contributed by atoms with Crippen LogP contribution in [0.2, 0.25) is 0 Å². The van der Waals surface area contributed by atoms with Crippen molar-refractivity contribution in [3.63, 3.8) is 0 Å². The second kappa shape index (κ2) is 65.3. The Balaban J connectivity index is 2.28. The topological polar surface area (TPSA) is 1120 Å². The van der Waals surface area contributed by atoms with Crippen LogP contribution in [0.5, 0.6) is 0 Å². The van der Waals surface area contributed by atoms with E-state index in [1.807, 2.05) is 10.6 Å². The van der Waals surface area contributed by atoms with Gasteiger partial charge in [0.05, 0.1) is 69.3 Å². The van der Waals surface area contributed by atoms with Gasteiger partial charge in [-0.1, -0.05) is 0 Å². The summed E-state index contributed by atoms with van der Waals surface area (Å²) in [4.78, 5) is 275. The molecule has 0 saturated carbocycles. The van der Waals surface area contributed by atoms with Crippen LogP contribution in [0.15, 0.2) is 35.3 Å². The number of amides is 14. The van der Waals surface area contributed by atoms with Crippen LogP contribution in [0.4, 0.5) is 11.6 Å². The molecule has 0 saturated heterocycles. The predicted molar refractivity (Wildman–Crippen MR) is 498 cm³/mol. The Morgan fingerprint density at radius 2 is 0.635 bits per heavy atom. The molecule has 0 aliphatic carbocycles. The Morgan fingerprint density at radius 1 is 0.358 bits per heavy atom. The minimum Gasteiger partial charge on any atom is -0.481 e. The van der Waals surface area contributed by atoms with Crippen molar-refractivity contribution in [3.8, 4) is 0 Å². The Morgan fingerprint density at radius 3 is 0.926 bits per heavy atom. The normalized spacial score (nSPS) is 16.5. The average molecular weight is 2140 g/mol. The molecule has 0 radical (unpaired) electrons. The van der Waals surface area contributed by atoms with Gasteiger partial charge >= 0.3 is 23.9 Å². The van der Waals surface area contributed by atoms with Crippen molar-refractivity contribution in [2.75, 3.05) is 69.4 Å². The van der Waals surface area contributed by atoms with Gasteiger partial charge in [-0.3, -0.25) is 97.2 Å². The number of anilines is 2. The number of carbonyl (C=O) groups excluding carboxylic acids is 14. The first-order valence-corrected chi connectivity index (χ1v) is 45.8. The standard InChI is InChI=1S/C82H128N22O43S/c83-81(84)102-57(122)17-9-39(74(139)94-37(7-15-54(119)89-25-46(111)63(129)67(133)50(115)29-107)73(138)99-41(12-20-59(125)126)76(141)96-38(77(142)101-43(31-148)80(146)147)8-16-55(120)90-26-47(112)64(130)68(134)51(116)30-108)97-72(137)36(6-14-53(118)88-24-45(110)62(128)66(132)49(114)28-106)95-75(140)40(11-19-58(123)124)98-71(136)35(5-13-52(117)87-23-44(109)61(127)65(131)48(113)27-105)93-56(121)18-10-42(79(144)145)100-70(135)32-1-3-33(4-2-32)86-21-34-22-91-69-60(92-34)78(143)104-82(85)103-69/h1-4,22,35-51,61-68,86,105-116,127-134,148H,5-21,23-31H2,(H,87,117)(H,88,118)(H,89,119)(H,90,120)(H,93,121)(H,94,139)(H,95,140)(H,96,141)(H,97,137)(H,98,136)(H,99,138)(H,100,135)(H,101,142)(H,123,124)(H,125,126)(H,144,145)(H,146,147)(H4,83,84,102,122)(H3,85,91,103,104,143)/t35-,36-,37-,38-,39-,40-,41-,42-,43-,44-,45-,46-,47-,48+,49+,50+,51+,61+,62+,63+,64+,65+,66+,67+,68+/m0/s1. The number of carboxylic acids is 4. The molecule has 0 aliphatic heterocycles. The number of hydrogen-bond donors (Lipinski definition) is 44. The van der Waals surface area contributed by atoms with Crippen LogP contribution in [-0.2, 0) is 88.1 Å². The van der Waals surface area contributed by atoms with Crippen molar-refractivity contribution in [1.82, 2.24) is 94.4 Å². The van der Waals surface area contributed by atoms with Gasteiger partial charge in [-0.2, -0.15) is 17.6 Å². The fraction of sp³-hybridized carbons (Fsp3) is 0.622. The van der Waals surface area contributed by atoms with Gasteiger partial charge in [0.2, 0.25) is 82.7 Å². The van der Waals surface area contributed by atoms with E-state index in [-0.39, 0.29) is 34.9 Å². The molecule has 3 rings (SSSR count). The van der Waals surface area contributed by atoms with Crippen molar-refractivity contribution in [3.05, 3.63) is 52.1 Å². The number of benzene rings is 1. The van der Waals surface area contributed by atoms with Crippen LogP contribution in [-0.4, -0.2) is 465 Å². The molecule has 66 heteroatoms. The molecule has 25 atom stereocenters. The summed E-state index contributed by atoms with van der Waals surface area (Å²) in [5.41, 5.74) is 10.5. The number of nitrogens with two attached hydrogens (primary N) is 2. The van der Waals surface area contributed by atoms with Crippen LogP contribution >= 0.6 is 12.6 Å². The van der Waals surface area contributed by atoms with E-state index in [9.17, 15) is 199 Å². The fourth-order valence-corrected chi connectivity index (χ4v) is 13.3. The Hall–Kier alpha value is -13.5. The molecule has 0 unspecified atom stereocenters. The first-order chi connectivity index (χ1) is 69.5. The number of aliphatic carboxylic acids is 4. The number of carboxylic acid groups (broad SMARTS) is 4. The fourth-order valence-electron chi connectivity index (χ4n) is 13.1. The zero-order valence-electron chi connectivity index (χ0n) is 78.6. The minimum absolute atomic E-state index is 0.0370. The van der Waals surface area contributed by atoms with Crippen LogP contribution in [0.25, 0.3) is 11.2 Å². The Kier molecular flexibility index (Phi) is 56.8. The van der Waals surface area contributed by atoms with Crippen molar-refractivity contribution < 1.29 is 209 Å². The maximum atomic E-state index is 15.2. The van der Waals surface area contributed by atoms with Crippen LogP contribution < -0.4 is 96.8 Å². The third kappa shape index (κ3) is 45.5. The molecule has 1 aromatic carbocycles. The number of H-pyrrole nitrogens is 1. The summed E-state index contributed by atoms with van der Waals surface area (Å²) < 4.78 is 0. The summed E-state index contributed by atoms with van der Waals surface area (Å²) in [6.45, 7) is -8.59. The van der Waals surface area contributed by atoms with Gasteiger partial charge in [0.1, 0.15) is 128 Å². The molecule has 14 amide bonds. The molecule has 2 aromatic heterocycles. The lowest BCUT2D eigenvalue weighted by atomic mass is 10.0. The van der Waals surface area contributed by atoms with Crippen molar-refractivity contribution >= 4 is 148 Å². The number of aromatic nitrogens is 4. The minimum atomic E-state index is -2.43. The molecular formula is C82H128N22O43S. The summed E-state index contributed by atoms with van der Waals surface area (Å²) in [7, 11) is 0. The van der Waals surface area contributed by atoms with E-state index in [1.54, 1.807) is 0 Å². The number of aromatic amines is 1. The number of aliphatic hydroxyl groups is 20. The van der Waals surface area contributed by atoms with Crippen molar-refractivity contribution in [1.29, 1.82) is 5.41 Å². The highest BCUT2D eigenvalue weighted by atomic mass is 32.1. The molecule has 830 valence electrons. The molecular weight excluding hydrogens is 2010 g/mol. The zero-order chi connectivity index (χ0) is 112. The number of hydrogen-bond acceptors (Lipinski definition) is 46. The Bertz CT molecular complexity index is 5010. The van der Waals surface area contributed by atoms with E-state index in [1.165, 1.54) is 30.5 Å². The van der Waals surface area contributed by atoms with Crippen LogP contribution in [0.3, 0.4) is 0 Å². The van der Waals surface area contributed by atoms with Gasteiger partial charge in [-0.15, -0.1) is 0 Å². The van der Waals surface area contributed by atoms with Crippen molar-refractivity contribution in [2.24, 2.45) is 5.73 Å². The number of guanidine groups is 1. The second-order valence-electron chi connectivity index (χ2n) is 33.3. The van der Waals surface area contributed by atoms with E-state index in [4.69, 9.17) is 22.0 Å². The number of carbonyl (C=O) groups is 18. The van der Waals surface area contributed by atoms with Gasteiger partial charge < -0.3 is 208 Å². The molecule has 0 bridgehead atoms. The maximum Gasteiger partial charge on any atom is 0.327 e. The van der Waals surface area contributed by atoms with Crippen LogP contribution in [0.1, 0.15) is 119 Å². The number of rotatable bonds is 71. The molecule has 0 spiro atoms. The van der Waals surface area contributed by atoms with Gasteiger partial charge in [0.25, 0.3) is 11.5 Å². The molecule has 2 heterocycles. The lowest BCUT2D eigenvalue weighted by molar-refractivity contribution is -0.142. The van der Waals surface area contributed by atoms with E-state index < -0.39 is 431 Å². The van der Waals surface area contributed by atoms with E-state index in [0.29, 0.717) is 5.69 Å². The quantitative estimate of drug-likeness (QED) is 0.0142. The third-order valence-electron chi connectivity index (χ3n) is 21.8. The molecule has 45 N–H and O–H groups in total. The number of aliphatic hydroxyl groups excluding tert-OH is 20. The lowest BCUT2D eigenvalue weighted by Crippen LogP contribution is -2.60. The predicted octanol–water partition coefficient (Wildman–Crippen LogP) is -20.4. The summed E-state index contributed by atoms with van der Waals surface area (Å²) in [6.07, 6.45) is -49.9. The molecule has 65 nitrogen and oxygen atoms in total. The van der Waals surface area contributed by atoms with Gasteiger partial charge in [0.15, 0.2) is 17.1 Å². The zero-order valence-corrected chi connectivity index (χ0v) is 79.5. The summed E-state index contributed by atoms with van der Waals surface area (Å²) in [5, 5.41) is 281. The Labute approximate surface area is 841 Å². The van der Waals surface area contributed by atoms with Gasteiger partial charge in [0, 0.05) is 94.5 Å². The summed E-state index contributed by atoms with van der Waals surface area (Å²) in [6, 6.07) is -14.7. The van der Waals surface area contributed by atoms with Gasteiger partial charge in [-0.05, 0) is 75.6 Å². The highest BCUT2D eigenvalue weighted by Crippen LogP contribution is 2.19. The number of nitrogens with one attached hydrogen (secondary N) is 17. The number of nitrogen functional groups attached to an aromatic ring is 1. The first-order valence-electron chi connectivity index (χ1n) is 45.1. The summed E-state index contributed by atoms with van der Waals surface area (Å²) >= 11 is 3.87. The van der Waals surface area contributed by atoms with E-state index >= 15 is 9.59 Å². The first kappa shape index (κ1) is 129. The van der Waals surface area contributed by atoms with E-state index in [0.717, 1.165) is 0 Å². The molecule has 0 fully saturated rings. The maximum absolute atomic E-state index is 15.2. The smallest absolute Gasteiger partial charge is 0.327 e. The van der Waals surface area contributed by atoms with Crippen molar-refractivity contribution in [2.45, 2.75) is 261 Å². The summed E-state index contributed by atoms with van der Waals surface area (Å²) in [5.74, 6) is -28.7. The highest BCUT2D eigenvalue weighted by molar-refractivity contribution is 7.80. The monoisotopic (exact) mass is 2140 g/mol. The number of fused-ring (bicyclic) bond motifs is 1. The number of thiol groups is 1. The lowest BCUT2D eigenvalue weighted by Gasteiger charge is -2.28. The SMILES string of the molecule is N=C(N)NC(=O)CC[C@H](NC(=O)[C@H](CCC(=O)NC[C@H](O)[C@@H](O)[C@H](O)[C@H](O)CO)NC(=O)[C@H](CCC(=O)O)NC(=O)[C@H](CCC(=O)NC[C@H](O)[C@@H](O)[C@H](O)[C@H](O)CO)NC(=O)CC[C@H](NC(=O)c1ccc(NCc2cnc3nc(N)[nH]c(=O)c3n2)cc1)C(=O)O)C(=O)N[C@@H](CCC(=O)NC[C@H](O)[C@@H](O)[C@H](O)[C@H](O)CO)C(=O)N[C@@H](CCC(=O)O)C(=O)N[C@@H](CCC(=O)NC[C@H](O)[C@@H](O)[C@H](O)[C@H](O)CO)C(=O)N[C@@H](CS)C(=O)O. The molecule has 3 aromatic rings. The van der Waals surface area contributed by atoms with E-state index in [2.05, 4.69) is 102 Å². The molecule has 148 heavy (non-hydrogen) atoms.